The molecule has 2 saturated heterocycles. The maximum atomic E-state index is 12.3. The number of hydrogen-bond acceptors (Lipinski definition) is 4. The first-order valence-corrected chi connectivity index (χ1v) is 11.1. The number of carbonyl (C=O) groups excluding carboxylic acids is 1. The highest BCUT2D eigenvalue weighted by Crippen LogP contribution is 2.48. The molecule has 0 radical (unpaired) electrons. The molecule has 3 aliphatic rings. The average molecular weight is 394 g/mol. The largest absolute Gasteiger partial charge is 0.462 e. The van der Waals surface area contributed by atoms with Gasteiger partial charge in [0.25, 0.3) is 0 Å². The van der Waals surface area contributed by atoms with Crippen LogP contribution in [0.2, 0.25) is 0 Å². The van der Waals surface area contributed by atoms with Gasteiger partial charge in [0.2, 0.25) is 0 Å². The molecular formula is C24H31N3O2. The van der Waals surface area contributed by atoms with Crippen LogP contribution >= 0.6 is 0 Å². The van der Waals surface area contributed by atoms with E-state index in [9.17, 15) is 4.79 Å². The quantitative estimate of drug-likeness (QED) is 0.723. The molecule has 1 saturated carbocycles. The monoisotopic (exact) mass is 393 g/mol. The number of piperazine rings is 1. The van der Waals surface area contributed by atoms with Crippen molar-refractivity contribution in [1.29, 1.82) is 0 Å². The molecule has 5 heteroatoms. The van der Waals surface area contributed by atoms with E-state index in [1.807, 2.05) is 0 Å². The van der Waals surface area contributed by atoms with Crippen molar-refractivity contribution in [2.24, 2.45) is 5.41 Å². The highest BCUT2D eigenvalue weighted by molar-refractivity contribution is 5.79. The standard InChI is InChI=1S/C24H31N3O2/c28-23-24(10-3-4-11-24)19-20(29-23)9-14-25-15-17-27(18-16-25)22-8-2-1-7-21(22)26-12-5-6-13-26/h1-2,5-8,12-13,20H,3-4,9-11,14-19H2/t20-/m1/s1. The van der Waals surface area contributed by atoms with Crippen LogP contribution in [-0.2, 0) is 9.53 Å². The summed E-state index contributed by atoms with van der Waals surface area (Å²) in [6.45, 7) is 5.22. The first-order chi connectivity index (χ1) is 14.2. The lowest BCUT2D eigenvalue weighted by Gasteiger charge is -2.37. The Labute approximate surface area is 173 Å². The number of cyclic esters (lactones) is 1. The molecule has 5 nitrogen and oxygen atoms in total. The molecule has 0 amide bonds. The van der Waals surface area contributed by atoms with Crippen LogP contribution in [0.5, 0.6) is 0 Å². The number of hydrogen-bond donors (Lipinski definition) is 0. The van der Waals surface area contributed by atoms with Crippen molar-refractivity contribution < 1.29 is 9.53 Å². The third-order valence-corrected chi connectivity index (χ3v) is 7.13. The molecule has 1 aromatic heterocycles. The topological polar surface area (TPSA) is 37.7 Å². The number of rotatable bonds is 5. The molecule has 2 aliphatic heterocycles. The minimum absolute atomic E-state index is 0.0893. The molecule has 5 rings (SSSR count). The van der Waals surface area contributed by atoms with Gasteiger partial charge in [-0.1, -0.05) is 25.0 Å². The number of carbonyl (C=O) groups is 1. The molecule has 1 atom stereocenters. The van der Waals surface area contributed by atoms with Crippen molar-refractivity contribution in [3.8, 4) is 5.69 Å². The van der Waals surface area contributed by atoms with E-state index in [0.717, 1.165) is 58.4 Å². The number of esters is 1. The minimum atomic E-state index is -0.120. The molecule has 2 aromatic rings. The fourth-order valence-corrected chi connectivity index (χ4v) is 5.44. The number of aromatic nitrogens is 1. The highest BCUT2D eigenvalue weighted by Gasteiger charge is 2.50. The zero-order valence-electron chi connectivity index (χ0n) is 17.1. The number of anilines is 1. The zero-order valence-corrected chi connectivity index (χ0v) is 17.1. The van der Waals surface area contributed by atoms with Gasteiger partial charge in [-0.2, -0.15) is 0 Å². The maximum absolute atomic E-state index is 12.3. The van der Waals surface area contributed by atoms with Gasteiger partial charge >= 0.3 is 5.97 Å². The molecule has 1 aromatic carbocycles. The number of nitrogens with zero attached hydrogens (tertiary/aromatic N) is 3. The molecule has 0 unspecified atom stereocenters. The summed E-state index contributed by atoms with van der Waals surface area (Å²) in [7, 11) is 0. The summed E-state index contributed by atoms with van der Waals surface area (Å²) in [5.74, 6) is 0.0893. The van der Waals surface area contributed by atoms with E-state index in [4.69, 9.17) is 4.74 Å². The normalized spacial score (nSPS) is 24.3. The third-order valence-electron chi connectivity index (χ3n) is 7.13. The summed E-state index contributed by atoms with van der Waals surface area (Å²) >= 11 is 0. The molecule has 1 aliphatic carbocycles. The molecule has 0 N–H and O–H groups in total. The lowest BCUT2D eigenvalue weighted by molar-refractivity contribution is -0.148. The Morgan fingerprint density at radius 2 is 1.62 bits per heavy atom. The van der Waals surface area contributed by atoms with Crippen molar-refractivity contribution in [3.05, 3.63) is 48.8 Å². The summed E-state index contributed by atoms with van der Waals surface area (Å²) < 4.78 is 7.95. The van der Waals surface area contributed by atoms with Crippen LogP contribution in [0.25, 0.3) is 5.69 Å². The second kappa shape index (κ2) is 7.86. The van der Waals surface area contributed by atoms with Crippen molar-refractivity contribution in [2.45, 2.75) is 44.6 Å². The smallest absolute Gasteiger partial charge is 0.312 e. The van der Waals surface area contributed by atoms with Crippen LogP contribution in [0.1, 0.15) is 38.5 Å². The van der Waals surface area contributed by atoms with Gasteiger partial charge < -0.3 is 14.2 Å². The fourth-order valence-electron chi connectivity index (χ4n) is 5.44. The van der Waals surface area contributed by atoms with Gasteiger partial charge in [0.15, 0.2) is 0 Å². The average Bonchev–Trinajstić information content (AvgIpc) is 3.50. The second-order valence-electron chi connectivity index (χ2n) is 8.92. The number of ether oxygens (including phenoxy) is 1. The zero-order chi connectivity index (χ0) is 19.7. The summed E-state index contributed by atoms with van der Waals surface area (Å²) in [4.78, 5) is 17.4. The molecular weight excluding hydrogens is 362 g/mol. The third kappa shape index (κ3) is 3.68. The predicted octanol–water partition coefficient (Wildman–Crippen LogP) is 3.87. The van der Waals surface area contributed by atoms with Crippen LogP contribution in [0.15, 0.2) is 48.8 Å². The van der Waals surface area contributed by atoms with E-state index in [1.54, 1.807) is 0 Å². The minimum Gasteiger partial charge on any atom is -0.462 e. The Balaban J connectivity index is 1.15. The Hall–Kier alpha value is -2.27. The van der Waals surface area contributed by atoms with E-state index < -0.39 is 0 Å². The van der Waals surface area contributed by atoms with Gasteiger partial charge in [0.1, 0.15) is 6.10 Å². The van der Waals surface area contributed by atoms with Crippen LogP contribution < -0.4 is 4.90 Å². The van der Waals surface area contributed by atoms with E-state index in [0.29, 0.717) is 0 Å². The maximum Gasteiger partial charge on any atom is 0.312 e. The lowest BCUT2D eigenvalue weighted by Crippen LogP contribution is -2.47. The van der Waals surface area contributed by atoms with Crippen molar-refractivity contribution in [2.75, 3.05) is 37.6 Å². The first-order valence-electron chi connectivity index (χ1n) is 11.1. The van der Waals surface area contributed by atoms with Crippen LogP contribution in [-0.4, -0.2) is 54.3 Å². The highest BCUT2D eigenvalue weighted by atomic mass is 16.6. The van der Waals surface area contributed by atoms with Crippen molar-refractivity contribution >= 4 is 11.7 Å². The molecule has 0 bridgehead atoms. The summed E-state index contributed by atoms with van der Waals surface area (Å²) in [5, 5.41) is 0. The second-order valence-corrected chi connectivity index (χ2v) is 8.92. The Morgan fingerprint density at radius 3 is 2.34 bits per heavy atom. The molecule has 154 valence electrons. The van der Waals surface area contributed by atoms with E-state index in [1.165, 1.54) is 24.2 Å². The Bertz CT molecular complexity index is 834. The van der Waals surface area contributed by atoms with Crippen molar-refractivity contribution in [3.63, 3.8) is 0 Å². The van der Waals surface area contributed by atoms with Crippen molar-refractivity contribution in [1.82, 2.24) is 9.47 Å². The van der Waals surface area contributed by atoms with E-state index >= 15 is 0 Å². The molecule has 1 spiro atoms. The fraction of sp³-hybridized carbons (Fsp3) is 0.542. The Kier molecular flexibility index (Phi) is 5.08. The summed E-state index contributed by atoms with van der Waals surface area (Å²) in [6.07, 6.45) is 10.7. The molecule has 3 heterocycles. The SMILES string of the molecule is O=C1O[C@H](CCN2CCN(c3ccccc3-n3cccc3)CC2)CC12CCCC2. The number of benzene rings is 1. The van der Waals surface area contributed by atoms with Crippen LogP contribution in [0.3, 0.4) is 0 Å². The predicted molar refractivity (Wildman–Crippen MR) is 114 cm³/mol. The molecule has 29 heavy (non-hydrogen) atoms. The van der Waals surface area contributed by atoms with Crippen LogP contribution in [0.4, 0.5) is 5.69 Å². The van der Waals surface area contributed by atoms with E-state index in [-0.39, 0.29) is 17.5 Å². The summed E-state index contributed by atoms with van der Waals surface area (Å²) in [5.41, 5.74) is 2.42. The molecule has 3 fully saturated rings. The Morgan fingerprint density at radius 1 is 0.931 bits per heavy atom. The summed E-state index contributed by atoms with van der Waals surface area (Å²) in [6, 6.07) is 12.8. The van der Waals surface area contributed by atoms with Crippen LogP contribution in [0, 0.1) is 5.41 Å². The van der Waals surface area contributed by atoms with Gasteiger partial charge in [-0.05, 0) is 43.5 Å². The van der Waals surface area contributed by atoms with Gasteiger partial charge in [0, 0.05) is 51.5 Å². The van der Waals surface area contributed by atoms with Gasteiger partial charge in [-0.15, -0.1) is 0 Å². The van der Waals surface area contributed by atoms with Gasteiger partial charge in [0.05, 0.1) is 16.8 Å². The first kappa shape index (κ1) is 18.7. The van der Waals surface area contributed by atoms with E-state index in [2.05, 4.69) is 63.2 Å². The van der Waals surface area contributed by atoms with Gasteiger partial charge in [-0.3, -0.25) is 9.69 Å². The van der Waals surface area contributed by atoms with Gasteiger partial charge in [-0.25, -0.2) is 0 Å². The lowest BCUT2D eigenvalue weighted by atomic mass is 9.83. The number of para-hydroxylation sites is 2.